The van der Waals surface area contributed by atoms with E-state index in [1.807, 2.05) is 25.1 Å². The fourth-order valence-corrected chi connectivity index (χ4v) is 5.95. The Kier molecular flexibility index (Phi) is 5.27. The molecule has 3 aliphatic heterocycles. The predicted molar refractivity (Wildman–Crippen MR) is 119 cm³/mol. The van der Waals surface area contributed by atoms with E-state index in [1.165, 1.54) is 6.33 Å². The van der Waals surface area contributed by atoms with Crippen LogP contribution < -0.4 is 10.5 Å². The van der Waals surface area contributed by atoms with Gasteiger partial charge in [0.15, 0.2) is 17.4 Å². The van der Waals surface area contributed by atoms with E-state index in [1.54, 1.807) is 16.7 Å². The van der Waals surface area contributed by atoms with Crippen LogP contribution in [-0.2, 0) is 34.4 Å². The molecule has 2 aromatic heterocycles. The largest absolute Gasteiger partial charge is 0.476 e. The van der Waals surface area contributed by atoms with Gasteiger partial charge in [-0.2, -0.15) is 9.97 Å². The van der Waals surface area contributed by atoms with Crippen molar-refractivity contribution in [2.75, 3.05) is 25.6 Å². The number of aromatic nitrogens is 4. The Morgan fingerprint density at radius 2 is 2.11 bits per heavy atom. The predicted octanol–water partition coefficient (Wildman–Crippen LogP) is 2.42. The van der Waals surface area contributed by atoms with Gasteiger partial charge in [-0.25, -0.2) is 14.3 Å². The summed E-state index contributed by atoms with van der Waals surface area (Å²) in [6, 6.07) is 9.03. The molecule has 0 spiro atoms. The van der Waals surface area contributed by atoms with Crippen LogP contribution in [0.15, 0.2) is 36.7 Å². The summed E-state index contributed by atoms with van der Waals surface area (Å²) >= 11 is 0. The SMILES string of the molecule is CCOc1nc(N)nc2c1ncn2[C@@H]1O[C@@]23CO[C@@H]1[C@@H]2OP(=O)(C(=O)OCc1ccccc1)OC3. The second kappa shape index (κ2) is 8.25. The molecule has 5 atom stereocenters. The van der Waals surface area contributed by atoms with Crippen LogP contribution in [0.25, 0.3) is 11.2 Å². The number of anilines is 1. The number of benzene rings is 1. The standard InChI is InChI=1S/C21H22N5O8P/c1-2-29-17-13-16(24-19(22)25-17)26(11-23-13)18-14-15-21(33-18,9-31-14)10-32-35(28,34-15)20(27)30-8-12-6-4-3-5-7-12/h3-7,11,14-15,18H,2,8-10H2,1H3,(H2,22,24,25)/t14-,15+,18-,21-,35?/m1/s1. The molecule has 5 heterocycles. The second-order valence-electron chi connectivity index (χ2n) is 8.33. The summed E-state index contributed by atoms with van der Waals surface area (Å²) in [6.45, 7) is 2.10. The van der Waals surface area contributed by atoms with E-state index in [0.29, 0.717) is 17.8 Å². The lowest BCUT2D eigenvalue weighted by Crippen LogP contribution is -2.49. The minimum atomic E-state index is -4.24. The molecule has 0 saturated carbocycles. The number of nitrogen functional groups attached to an aromatic ring is 1. The lowest BCUT2D eigenvalue weighted by atomic mass is 10.0. The highest BCUT2D eigenvalue weighted by Crippen LogP contribution is 2.62. The Morgan fingerprint density at radius 3 is 2.91 bits per heavy atom. The number of fused-ring (bicyclic) bond motifs is 1. The summed E-state index contributed by atoms with van der Waals surface area (Å²) in [5.74, 6) is 0.256. The minimum Gasteiger partial charge on any atom is -0.476 e. The van der Waals surface area contributed by atoms with Gasteiger partial charge in [-0.05, 0) is 12.5 Å². The van der Waals surface area contributed by atoms with E-state index in [4.69, 9.17) is 33.7 Å². The van der Waals surface area contributed by atoms with Crippen molar-refractivity contribution in [3.8, 4) is 5.88 Å². The Balaban J connectivity index is 1.25. The molecule has 184 valence electrons. The number of hydrogen-bond donors (Lipinski definition) is 1. The van der Waals surface area contributed by atoms with E-state index in [0.717, 1.165) is 5.56 Å². The van der Waals surface area contributed by atoms with Gasteiger partial charge in [0.05, 0.1) is 26.1 Å². The number of ether oxygens (including phenoxy) is 4. The second-order valence-corrected chi connectivity index (χ2v) is 10.2. The average Bonchev–Trinajstić information content (AvgIpc) is 3.53. The summed E-state index contributed by atoms with van der Waals surface area (Å²) in [5, 5.41) is 0. The summed E-state index contributed by atoms with van der Waals surface area (Å²) in [4.78, 5) is 25.4. The lowest BCUT2D eigenvalue weighted by molar-refractivity contribution is -0.187. The number of imidazole rings is 1. The summed E-state index contributed by atoms with van der Waals surface area (Å²) in [6.07, 6.45) is -0.788. The molecule has 3 aliphatic rings. The molecule has 1 unspecified atom stereocenters. The average molecular weight is 503 g/mol. The fourth-order valence-electron chi connectivity index (χ4n) is 4.47. The first-order valence-electron chi connectivity index (χ1n) is 11.0. The molecular formula is C21H22N5O8P. The molecular weight excluding hydrogens is 481 g/mol. The van der Waals surface area contributed by atoms with Crippen molar-refractivity contribution < 1.29 is 37.4 Å². The molecule has 0 aliphatic carbocycles. The molecule has 2 N–H and O–H groups in total. The molecule has 1 aromatic carbocycles. The smallest absolute Gasteiger partial charge is 0.438 e. The van der Waals surface area contributed by atoms with Crippen molar-refractivity contribution in [2.24, 2.45) is 0 Å². The van der Waals surface area contributed by atoms with Crippen LogP contribution >= 0.6 is 7.60 Å². The molecule has 0 radical (unpaired) electrons. The Hall–Kier alpha value is -3.09. The normalized spacial score (nSPS) is 31.4. The van der Waals surface area contributed by atoms with Crippen LogP contribution in [0.3, 0.4) is 0 Å². The van der Waals surface area contributed by atoms with Gasteiger partial charge >= 0.3 is 13.3 Å². The summed E-state index contributed by atoms with van der Waals surface area (Å²) in [5.41, 5.74) is 5.27. The zero-order chi connectivity index (χ0) is 24.2. The number of nitrogens with zero attached hydrogens (tertiary/aromatic N) is 4. The zero-order valence-electron chi connectivity index (χ0n) is 18.6. The van der Waals surface area contributed by atoms with Crippen molar-refractivity contribution in [3.63, 3.8) is 0 Å². The van der Waals surface area contributed by atoms with Crippen LogP contribution in [0.4, 0.5) is 10.7 Å². The van der Waals surface area contributed by atoms with Crippen LogP contribution in [0, 0.1) is 0 Å². The van der Waals surface area contributed by atoms with Crippen LogP contribution in [-0.4, -0.2) is 62.9 Å². The van der Waals surface area contributed by atoms with Crippen molar-refractivity contribution in [2.45, 2.75) is 37.6 Å². The molecule has 14 heteroatoms. The van der Waals surface area contributed by atoms with Crippen molar-refractivity contribution in [1.82, 2.24) is 19.5 Å². The lowest BCUT2D eigenvalue weighted by Gasteiger charge is -2.36. The molecule has 0 amide bonds. The fraction of sp³-hybridized carbons (Fsp3) is 0.429. The molecule has 6 rings (SSSR count). The maximum atomic E-state index is 13.3. The third kappa shape index (κ3) is 3.58. The molecule has 3 fully saturated rings. The molecule has 13 nitrogen and oxygen atoms in total. The number of rotatable bonds is 6. The van der Waals surface area contributed by atoms with Crippen LogP contribution in [0.5, 0.6) is 5.88 Å². The summed E-state index contributed by atoms with van der Waals surface area (Å²) in [7, 11) is -4.24. The molecule has 2 bridgehead atoms. The van der Waals surface area contributed by atoms with Crippen LogP contribution in [0.1, 0.15) is 18.7 Å². The van der Waals surface area contributed by atoms with E-state index < -0.39 is 37.3 Å². The number of hydrogen-bond acceptors (Lipinski definition) is 12. The van der Waals surface area contributed by atoms with Crippen molar-refractivity contribution in [1.29, 1.82) is 0 Å². The monoisotopic (exact) mass is 503 g/mol. The van der Waals surface area contributed by atoms with E-state index in [9.17, 15) is 9.36 Å². The van der Waals surface area contributed by atoms with Gasteiger partial charge < -0.3 is 24.7 Å². The quantitative estimate of drug-likeness (QED) is 0.490. The maximum absolute atomic E-state index is 13.3. The van der Waals surface area contributed by atoms with Gasteiger partial charge in [0.25, 0.3) is 0 Å². The van der Waals surface area contributed by atoms with Gasteiger partial charge in [0.2, 0.25) is 11.8 Å². The highest BCUT2D eigenvalue weighted by Gasteiger charge is 2.69. The first-order valence-corrected chi connectivity index (χ1v) is 12.5. The number of carbonyl (C=O) groups is 1. The Bertz CT molecular complexity index is 1340. The summed E-state index contributed by atoms with van der Waals surface area (Å²) < 4.78 is 49.0. The number of nitrogens with two attached hydrogens (primary N) is 1. The van der Waals surface area contributed by atoms with E-state index >= 15 is 0 Å². The van der Waals surface area contributed by atoms with E-state index in [2.05, 4.69) is 15.0 Å². The van der Waals surface area contributed by atoms with Crippen molar-refractivity contribution >= 4 is 30.4 Å². The van der Waals surface area contributed by atoms with Crippen molar-refractivity contribution in [3.05, 3.63) is 42.2 Å². The molecule has 3 aromatic rings. The first kappa shape index (κ1) is 22.4. The third-order valence-corrected chi connectivity index (χ3v) is 7.65. The molecule has 3 saturated heterocycles. The number of carbonyl (C=O) groups excluding carboxylic acids is 1. The first-order chi connectivity index (χ1) is 16.9. The van der Waals surface area contributed by atoms with Gasteiger partial charge in [0, 0.05) is 0 Å². The topological polar surface area (TPSA) is 159 Å². The zero-order valence-corrected chi connectivity index (χ0v) is 19.5. The third-order valence-electron chi connectivity index (χ3n) is 6.10. The van der Waals surface area contributed by atoms with Crippen LogP contribution in [0.2, 0.25) is 0 Å². The Labute approximate surface area is 199 Å². The minimum absolute atomic E-state index is 0.00704. The van der Waals surface area contributed by atoms with Gasteiger partial charge in [0.1, 0.15) is 24.4 Å². The van der Waals surface area contributed by atoms with Gasteiger partial charge in [-0.15, -0.1) is 0 Å². The maximum Gasteiger partial charge on any atom is 0.438 e. The Morgan fingerprint density at radius 1 is 1.29 bits per heavy atom. The molecule has 35 heavy (non-hydrogen) atoms. The van der Waals surface area contributed by atoms with Gasteiger partial charge in [-0.3, -0.25) is 13.6 Å². The highest BCUT2D eigenvalue weighted by molar-refractivity contribution is 7.71. The van der Waals surface area contributed by atoms with Gasteiger partial charge in [-0.1, -0.05) is 30.3 Å². The van der Waals surface area contributed by atoms with E-state index in [-0.39, 0.29) is 31.6 Å². The highest BCUT2D eigenvalue weighted by atomic mass is 31.2.